The number of esters is 4. The van der Waals surface area contributed by atoms with Crippen LogP contribution in [0.3, 0.4) is 0 Å². The summed E-state index contributed by atoms with van der Waals surface area (Å²) in [6.45, 7) is 9.21. The van der Waals surface area contributed by atoms with Crippen molar-refractivity contribution in [3.63, 3.8) is 0 Å². The maximum absolute atomic E-state index is 12.9. The predicted molar refractivity (Wildman–Crippen MR) is 298 cm³/mol. The number of phosphoric ester groups is 2. The summed E-state index contributed by atoms with van der Waals surface area (Å²) >= 11 is 0. The number of phosphoric acid groups is 2. The number of carbonyl (C=O) groups excluding carboxylic acids is 4. The standard InChI is InChI=1S/C57H110O17P2/c1-7-9-11-13-14-15-16-17-21-28-34-40-55(60)68-46-53(73-56(61)41-35-29-22-19-18-20-26-31-37-49(3)4)48-72-76(65,66)70-44-51(58)43-69-75(63,64)71-47-52(45-67-54(59)39-33-25-12-10-8-2)74-57(62)42-36-30-24-23-27-32-38-50(5)6/h49-53,58H,7-48H2,1-6H3,(H,63,64)(H,65,66)/t51-,52+,53+/m0/s1. The number of rotatable bonds is 56. The minimum Gasteiger partial charge on any atom is -0.462 e. The van der Waals surface area contributed by atoms with E-state index in [0.29, 0.717) is 31.6 Å². The number of hydrogen-bond acceptors (Lipinski definition) is 15. The van der Waals surface area contributed by atoms with Gasteiger partial charge in [-0.2, -0.15) is 0 Å². The molecule has 0 rings (SSSR count). The Morgan fingerprint density at radius 2 is 0.605 bits per heavy atom. The number of unbranched alkanes of at least 4 members (excludes halogenated alkanes) is 26. The van der Waals surface area contributed by atoms with Crippen molar-refractivity contribution < 1.29 is 80.2 Å². The van der Waals surface area contributed by atoms with Gasteiger partial charge in [-0.15, -0.1) is 0 Å². The molecule has 0 aliphatic heterocycles. The van der Waals surface area contributed by atoms with Crippen molar-refractivity contribution in [1.29, 1.82) is 0 Å². The van der Waals surface area contributed by atoms with Crippen molar-refractivity contribution in [3.05, 3.63) is 0 Å². The molecular weight excluding hydrogens is 1020 g/mol. The summed E-state index contributed by atoms with van der Waals surface area (Å²) in [5, 5.41) is 10.5. The molecular formula is C57H110O17P2. The first-order valence-corrected chi connectivity index (χ1v) is 33.0. The second-order valence-corrected chi connectivity index (χ2v) is 24.5. The van der Waals surface area contributed by atoms with Gasteiger partial charge >= 0.3 is 39.5 Å². The molecule has 0 aromatic heterocycles. The predicted octanol–water partition coefficient (Wildman–Crippen LogP) is 14.9. The van der Waals surface area contributed by atoms with E-state index in [-0.39, 0.29) is 25.7 Å². The van der Waals surface area contributed by atoms with Crippen LogP contribution < -0.4 is 0 Å². The fourth-order valence-electron chi connectivity index (χ4n) is 8.29. The number of hydrogen-bond donors (Lipinski definition) is 3. The van der Waals surface area contributed by atoms with Gasteiger partial charge in [0.1, 0.15) is 19.3 Å². The molecule has 3 N–H and O–H groups in total. The first kappa shape index (κ1) is 74.1. The number of aliphatic hydroxyl groups is 1. The summed E-state index contributed by atoms with van der Waals surface area (Å²) in [5.41, 5.74) is 0. The van der Waals surface area contributed by atoms with Crippen LogP contribution in [0.4, 0.5) is 0 Å². The Bertz CT molecular complexity index is 1510. The SMILES string of the molecule is CCCCCCCCCCCCCC(=O)OC[C@H](COP(=O)(O)OC[C@@H](O)COP(=O)(O)OC[C@@H](COC(=O)CCCCCCC)OC(=O)CCCCCCCCC(C)C)OC(=O)CCCCCCCCCCC(C)C. The Labute approximate surface area is 460 Å². The molecule has 0 saturated carbocycles. The average molecular weight is 1130 g/mol. The molecule has 0 aliphatic rings. The molecule has 0 radical (unpaired) electrons. The molecule has 2 unspecified atom stereocenters. The Balaban J connectivity index is 5.19. The molecule has 0 bridgehead atoms. The molecule has 0 aliphatic carbocycles. The molecule has 0 amide bonds. The van der Waals surface area contributed by atoms with E-state index in [1.807, 2.05) is 0 Å². The van der Waals surface area contributed by atoms with Crippen LogP contribution in [0.15, 0.2) is 0 Å². The number of aliphatic hydroxyl groups excluding tert-OH is 1. The van der Waals surface area contributed by atoms with Gasteiger partial charge in [-0.25, -0.2) is 9.13 Å². The van der Waals surface area contributed by atoms with Crippen LogP contribution in [-0.2, 0) is 65.4 Å². The van der Waals surface area contributed by atoms with Gasteiger partial charge < -0.3 is 33.8 Å². The van der Waals surface area contributed by atoms with Gasteiger partial charge in [0.15, 0.2) is 12.2 Å². The minimum atomic E-state index is -4.93. The van der Waals surface area contributed by atoms with Gasteiger partial charge in [0, 0.05) is 25.7 Å². The summed E-state index contributed by atoms with van der Waals surface area (Å²) in [5.74, 6) is -0.772. The van der Waals surface area contributed by atoms with E-state index in [1.165, 1.54) is 83.5 Å². The Morgan fingerprint density at radius 1 is 0.355 bits per heavy atom. The lowest BCUT2D eigenvalue weighted by molar-refractivity contribution is -0.161. The van der Waals surface area contributed by atoms with Crippen LogP contribution in [0.1, 0.15) is 273 Å². The third kappa shape index (κ3) is 51.5. The maximum atomic E-state index is 12.9. The summed E-state index contributed by atoms with van der Waals surface area (Å²) in [7, 11) is -9.86. The van der Waals surface area contributed by atoms with E-state index in [9.17, 15) is 43.2 Å². The van der Waals surface area contributed by atoms with Gasteiger partial charge in [0.2, 0.25) is 0 Å². The second-order valence-electron chi connectivity index (χ2n) is 21.6. The first-order valence-electron chi connectivity index (χ1n) is 30.0. The van der Waals surface area contributed by atoms with Gasteiger partial charge in [-0.1, -0.05) is 221 Å². The summed E-state index contributed by atoms with van der Waals surface area (Å²) in [6, 6.07) is 0. The fraction of sp³-hybridized carbons (Fsp3) is 0.930. The Kier molecular flexibility index (Phi) is 48.8. The quantitative estimate of drug-likeness (QED) is 0.0222. The Morgan fingerprint density at radius 3 is 0.895 bits per heavy atom. The summed E-state index contributed by atoms with van der Waals surface area (Å²) < 4.78 is 67.5. The molecule has 0 heterocycles. The van der Waals surface area contributed by atoms with Crippen molar-refractivity contribution in [1.82, 2.24) is 0 Å². The molecule has 19 heteroatoms. The minimum absolute atomic E-state index is 0.101. The van der Waals surface area contributed by atoms with Crippen molar-refractivity contribution in [2.24, 2.45) is 11.8 Å². The monoisotopic (exact) mass is 1130 g/mol. The zero-order chi connectivity index (χ0) is 56.6. The molecule has 0 spiro atoms. The van der Waals surface area contributed by atoms with Crippen LogP contribution in [0.25, 0.3) is 0 Å². The van der Waals surface area contributed by atoms with Crippen molar-refractivity contribution in [3.8, 4) is 0 Å². The average Bonchev–Trinajstić information content (AvgIpc) is 3.37. The van der Waals surface area contributed by atoms with Crippen LogP contribution in [-0.4, -0.2) is 96.7 Å². The van der Waals surface area contributed by atoms with E-state index in [2.05, 4.69) is 41.5 Å². The third-order valence-electron chi connectivity index (χ3n) is 13.0. The van der Waals surface area contributed by atoms with Crippen LogP contribution in [0.2, 0.25) is 0 Å². The first-order chi connectivity index (χ1) is 36.4. The number of carbonyl (C=O) groups is 4. The van der Waals surface area contributed by atoms with Crippen molar-refractivity contribution in [2.45, 2.75) is 291 Å². The Hall–Kier alpha value is -1.94. The van der Waals surface area contributed by atoms with Crippen LogP contribution >= 0.6 is 15.6 Å². The smallest absolute Gasteiger partial charge is 0.462 e. The zero-order valence-electron chi connectivity index (χ0n) is 48.5. The van der Waals surface area contributed by atoms with Crippen molar-refractivity contribution in [2.75, 3.05) is 39.6 Å². The number of ether oxygens (including phenoxy) is 4. The highest BCUT2D eigenvalue weighted by atomic mass is 31.2. The van der Waals surface area contributed by atoms with Crippen molar-refractivity contribution >= 4 is 39.5 Å². The molecule has 0 saturated heterocycles. The molecule has 450 valence electrons. The maximum Gasteiger partial charge on any atom is 0.472 e. The van der Waals surface area contributed by atoms with Crippen LogP contribution in [0.5, 0.6) is 0 Å². The van der Waals surface area contributed by atoms with E-state index < -0.39 is 97.5 Å². The van der Waals surface area contributed by atoms with E-state index in [0.717, 1.165) is 102 Å². The summed E-state index contributed by atoms with van der Waals surface area (Å²) in [4.78, 5) is 71.6. The normalized spacial score (nSPS) is 14.5. The highest BCUT2D eigenvalue weighted by molar-refractivity contribution is 7.47. The molecule has 5 atom stereocenters. The lowest BCUT2D eigenvalue weighted by Crippen LogP contribution is -2.30. The van der Waals surface area contributed by atoms with Crippen LogP contribution in [0, 0.1) is 11.8 Å². The fourth-order valence-corrected chi connectivity index (χ4v) is 9.87. The lowest BCUT2D eigenvalue weighted by atomic mass is 10.0. The van der Waals surface area contributed by atoms with E-state index >= 15 is 0 Å². The topological polar surface area (TPSA) is 237 Å². The molecule has 0 aromatic rings. The lowest BCUT2D eigenvalue weighted by Gasteiger charge is -2.21. The second kappa shape index (κ2) is 50.1. The van der Waals surface area contributed by atoms with Gasteiger partial charge in [0.05, 0.1) is 26.4 Å². The van der Waals surface area contributed by atoms with E-state index in [4.69, 9.17) is 37.0 Å². The highest BCUT2D eigenvalue weighted by Gasteiger charge is 2.30. The molecule has 76 heavy (non-hydrogen) atoms. The molecule has 17 nitrogen and oxygen atoms in total. The highest BCUT2D eigenvalue weighted by Crippen LogP contribution is 2.45. The summed E-state index contributed by atoms with van der Waals surface area (Å²) in [6.07, 6.45) is 29.9. The zero-order valence-corrected chi connectivity index (χ0v) is 50.3. The van der Waals surface area contributed by atoms with Gasteiger partial charge in [-0.05, 0) is 37.5 Å². The van der Waals surface area contributed by atoms with Gasteiger partial charge in [-0.3, -0.25) is 37.3 Å². The molecule has 0 aromatic carbocycles. The van der Waals surface area contributed by atoms with Gasteiger partial charge in [0.25, 0.3) is 0 Å². The largest absolute Gasteiger partial charge is 0.472 e. The molecule has 0 fully saturated rings. The third-order valence-corrected chi connectivity index (χ3v) is 14.9. The van der Waals surface area contributed by atoms with E-state index in [1.54, 1.807) is 0 Å².